The van der Waals surface area contributed by atoms with Crippen molar-refractivity contribution in [2.45, 2.75) is 78.7 Å². The topological polar surface area (TPSA) is 26.3 Å². The predicted molar refractivity (Wildman–Crippen MR) is 101 cm³/mol. The number of esters is 1. The highest BCUT2D eigenvalue weighted by Gasteiger charge is 2.64. The highest BCUT2D eigenvalue weighted by atomic mass is 16.6. The minimum Gasteiger partial charge on any atom is -0.455 e. The highest BCUT2D eigenvalue weighted by molar-refractivity contribution is 5.89. The predicted octanol–water partition coefficient (Wildman–Crippen LogP) is 5.68. The molecule has 138 valence electrons. The zero-order chi connectivity index (χ0) is 18.4. The number of rotatable bonds is 3. The maximum atomic E-state index is 13.1. The van der Waals surface area contributed by atoms with Gasteiger partial charge in [-0.1, -0.05) is 53.3 Å². The third-order valence-corrected chi connectivity index (χ3v) is 9.67. The normalized spacial score (nSPS) is 45.8. The zero-order valence-electron chi connectivity index (χ0n) is 16.7. The average Bonchev–Trinajstić information content (AvgIpc) is 3.16. The van der Waals surface area contributed by atoms with Crippen molar-refractivity contribution in [1.29, 1.82) is 0 Å². The molecule has 4 fully saturated rings. The summed E-state index contributed by atoms with van der Waals surface area (Å²) in [5.41, 5.74) is 1.98. The minimum absolute atomic E-state index is 0.121. The van der Waals surface area contributed by atoms with Gasteiger partial charge in [-0.15, -0.1) is 0 Å². The van der Waals surface area contributed by atoms with E-state index in [0.717, 1.165) is 31.3 Å². The lowest BCUT2D eigenvalue weighted by atomic mass is 9.65. The zero-order valence-corrected chi connectivity index (χ0v) is 16.7. The van der Waals surface area contributed by atoms with Gasteiger partial charge in [0.2, 0.25) is 0 Å². The summed E-state index contributed by atoms with van der Waals surface area (Å²) in [6.45, 7) is 20.1. The second-order valence-electron chi connectivity index (χ2n) is 10.7. The monoisotopic (exact) mass is 342 g/mol. The number of hydrogen-bond donors (Lipinski definition) is 0. The van der Waals surface area contributed by atoms with Gasteiger partial charge in [-0.3, -0.25) is 0 Å². The molecule has 0 saturated heterocycles. The summed E-state index contributed by atoms with van der Waals surface area (Å²) in [6, 6.07) is 0. The molecule has 4 aliphatic carbocycles. The molecule has 0 spiro atoms. The van der Waals surface area contributed by atoms with Crippen LogP contribution in [0.2, 0.25) is 0 Å². The molecular formula is C23H34O2. The molecule has 2 nitrogen and oxygen atoms in total. The standard InChI is InChI=1S/C23H34O2/c1-14(18-12-17-9-10-22(18,7)21(17,5)6)19(24)25-23-11-8-16(13-23)15(2)20(23,3)4/h16-18H,1-2,8-13H2,3-7H3. The Labute approximate surface area is 153 Å². The van der Waals surface area contributed by atoms with Gasteiger partial charge in [-0.2, -0.15) is 0 Å². The molecule has 0 radical (unpaired) electrons. The van der Waals surface area contributed by atoms with Crippen LogP contribution >= 0.6 is 0 Å². The minimum atomic E-state index is -0.358. The van der Waals surface area contributed by atoms with Gasteiger partial charge in [0.1, 0.15) is 5.60 Å². The lowest BCUT2D eigenvalue weighted by Gasteiger charge is -2.43. The summed E-state index contributed by atoms with van der Waals surface area (Å²) in [5.74, 6) is 1.37. The first-order valence-corrected chi connectivity index (χ1v) is 10.1. The molecule has 0 aromatic carbocycles. The Kier molecular flexibility index (Phi) is 3.34. The van der Waals surface area contributed by atoms with Gasteiger partial charge >= 0.3 is 5.97 Å². The van der Waals surface area contributed by atoms with Crippen molar-refractivity contribution in [2.75, 3.05) is 0 Å². The Morgan fingerprint density at radius 3 is 2.28 bits per heavy atom. The molecular weight excluding hydrogens is 308 g/mol. The fourth-order valence-corrected chi connectivity index (χ4v) is 7.01. The van der Waals surface area contributed by atoms with Gasteiger partial charge in [0.25, 0.3) is 0 Å². The van der Waals surface area contributed by atoms with E-state index < -0.39 is 0 Å². The van der Waals surface area contributed by atoms with Gasteiger partial charge in [-0.25, -0.2) is 4.79 Å². The van der Waals surface area contributed by atoms with Crippen LogP contribution in [0, 0.1) is 34.0 Å². The molecule has 5 atom stereocenters. The molecule has 4 bridgehead atoms. The SMILES string of the molecule is C=C(C(=O)OC12CCC(C1)C(=C)C2(C)C)C1CC2CCC1(C)C2(C)C. The molecule has 0 aromatic rings. The first-order chi connectivity index (χ1) is 11.5. The van der Waals surface area contributed by atoms with Crippen LogP contribution in [-0.2, 0) is 9.53 Å². The maximum absolute atomic E-state index is 13.1. The quantitative estimate of drug-likeness (QED) is 0.374. The number of fused-ring (bicyclic) bond motifs is 4. The number of ether oxygens (including phenoxy) is 1. The van der Waals surface area contributed by atoms with Gasteiger partial charge in [0, 0.05) is 11.0 Å². The molecule has 0 aliphatic heterocycles. The van der Waals surface area contributed by atoms with E-state index in [4.69, 9.17) is 4.74 Å². The summed E-state index contributed by atoms with van der Waals surface area (Å²) in [6.07, 6.45) is 6.63. The van der Waals surface area contributed by atoms with Crippen LogP contribution in [-0.4, -0.2) is 11.6 Å². The third-order valence-electron chi connectivity index (χ3n) is 9.67. The van der Waals surface area contributed by atoms with Crippen molar-refractivity contribution in [3.8, 4) is 0 Å². The lowest BCUT2D eigenvalue weighted by Crippen LogP contribution is -2.45. The van der Waals surface area contributed by atoms with Crippen LogP contribution < -0.4 is 0 Å². The van der Waals surface area contributed by atoms with Crippen molar-refractivity contribution in [2.24, 2.45) is 34.0 Å². The van der Waals surface area contributed by atoms with Crippen LogP contribution in [0.15, 0.2) is 24.3 Å². The summed E-state index contributed by atoms with van der Waals surface area (Å²) in [5, 5.41) is 0. The van der Waals surface area contributed by atoms with Gasteiger partial charge in [-0.05, 0) is 67.1 Å². The van der Waals surface area contributed by atoms with Gasteiger partial charge in [0.05, 0.1) is 0 Å². The van der Waals surface area contributed by atoms with Crippen molar-refractivity contribution in [3.05, 3.63) is 24.3 Å². The Hall–Kier alpha value is -1.05. The van der Waals surface area contributed by atoms with E-state index in [0.29, 0.717) is 17.3 Å². The molecule has 4 saturated carbocycles. The fraction of sp³-hybridized carbons (Fsp3) is 0.783. The number of carbonyl (C=O) groups is 1. The van der Waals surface area contributed by atoms with Crippen LogP contribution in [0.4, 0.5) is 0 Å². The lowest BCUT2D eigenvalue weighted by molar-refractivity contribution is -0.164. The van der Waals surface area contributed by atoms with E-state index in [-0.39, 0.29) is 28.3 Å². The smallest absolute Gasteiger partial charge is 0.334 e. The van der Waals surface area contributed by atoms with Gasteiger partial charge < -0.3 is 4.74 Å². The molecule has 4 rings (SSSR count). The van der Waals surface area contributed by atoms with E-state index in [2.05, 4.69) is 47.8 Å². The van der Waals surface area contributed by atoms with Crippen molar-refractivity contribution in [3.63, 3.8) is 0 Å². The number of carbonyl (C=O) groups excluding carboxylic acids is 1. The Morgan fingerprint density at radius 1 is 1.12 bits per heavy atom. The van der Waals surface area contributed by atoms with E-state index >= 15 is 0 Å². The van der Waals surface area contributed by atoms with Crippen LogP contribution in [0.25, 0.3) is 0 Å². The summed E-state index contributed by atoms with van der Waals surface area (Å²) in [7, 11) is 0. The van der Waals surface area contributed by atoms with Crippen molar-refractivity contribution >= 4 is 5.97 Å². The summed E-state index contributed by atoms with van der Waals surface area (Å²) < 4.78 is 6.27. The maximum Gasteiger partial charge on any atom is 0.334 e. The molecule has 0 heterocycles. The molecule has 2 heteroatoms. The first-order valence-electron chi connectivity index (χ1n) is 10.1. The number of hydrogen-bond acceptors (Lipinski definition) is 2. The first kappa shape index (κ1) is 17.4. The van der Waals surface area contributed by atoms with Crippen molar-refractivity contribution < 1.29 is 9.53 Å². The summed E-state index contributed by atoms with van der Waals surface area (Å²) >= 11 is 0. The van der Waals surface area contributed by atoms with E-state index in [1.807, 2.05) is 0 Å². The van der Waals surface area contributed by atoms with E-state index in [1.54, 1.807) is 0 Å². The Balaban J connectivity index is 1.55. The molecule has 5 unspecified atom stereocenters. The molecule has 0 amide bonds. The molecule has 0 N–H and O–H groups in total. The van der Waals surface area contributed by atoms with Crippen molar-refractivity contribution in [1.82, 2.24) is 0 Å². The van der Waals surface area contributed by atoms with Gasteiger partial charge in [0.15, 0.2) is 0 Å². The van der Waals surface area contributed by atoms with Crippen LogP contribution in [0.5, 0.6) is 0 Å². The molecule has 0 aromatic heterocycles. The van der Waals surface area contributed by atoms with E-state index in [9.17, 15) is 4.79 Å². The molecule has 25 heavy (non-hydrogen) atoms. The Bertz CT molecular complexity index is 670. The highest BCUT2D eigenvalue weighted by Crippen LogP contribution is 2.70. The largest absolute Gasteiger partial charge is 0.455 e. The fourth-order valence-electron chi connectivity index (χ4n) is 7.01. The third kappa shape index (κ3) is 1.89. The summed E-state index contributed by atoms with van der Waals surface area (Å²) in [4.78, 5) is 13.1. The Morgan fingerprint density at radius 2 is 1.80 bits per heavy atom. The molecule has 4 aliphatic rings. The van der Waals surface area contributed by atoms with E-state index in [1.165, 1.54) is 18.4 Å². The van der Waals surface area contributed by atoms with Crippen LogP contribution in [0.1, 0.15) is 73.1 Å². The van der Waals surface area contributed by atoms with Crippen LogP contribution in [0.3, 0.4) is 0 Å². The average molecular weight is 343 g/mol. The second-order valence-corrected chi connectivity index (χ2v) is 10.7. The second kappa shape index (κ2) is 4.81.